The summed E-state index contributed by atoms with van der Waals surface area (Å²) in [4.78, 5) is 34.5. The third-order valence-corrected chi connectivity index (χ3v) is 6.07. The number of alkyl halides is 2. The fourth-order valence-electron chi connectivity index (χ4n) is 4.21. The van der Waals surface area contributed by atoms with Gasteiger partial charge in [0.1, 0.15) is 6.29 Å². The van der Waals surface area contributed by atoms with Gasteiger partial charge in [-0.25, -0.2) is 19.3 Å². The molecule has 1 saturated heterocycles. The van der Waals surface area contributed by atoms with Crippen LogP contribution in [0.1, 0.15) is 33.5 Å². The van der Waals surface area contributed by atoms with Crippen LogP contribution in [0.2, 0.25) is 0 Å². The van der Waals surface area contributed by atoms with Crippen LogP contribution in [0.25, 0.3) is 0 Å². The molecule has 36 heavy (non-hydrogen) atoms. The van der Waals surface area contributed by atoms with Crippen LogP contribution < -0.4 is 15.1 Å². The van der Waals surface area contributed by atoms with Crippen LogP contribution in [0, 0.1) is 6.92 Å². The molecule has 3 N–H and O–H groups in total. The SMILES string of the molecule is CNc1cccc2c1CN(C(=O)c1cc(C)c(OO)cc1OO)C2.O=C/C=C/CN1CCC(F)(F)C1. The van der Waals surface area contributed by atoms with E-state index in [1.165, 1.54) is 18.2 Å². The Morgan fingerprint density at radius 1 is 1.19 bits per heavy atom. The van der Waals surface area contributed by atoms with Crippen LogP contribution in [0.5, 0.6) is 11.5 Å². The van der Waals surface area contributed by atoms with E-state index in [1.807, 2.05) is 25.2 Å². The molecule has 4 rings (SSSR count). The van der Waals surface area contributed by atoms with Crippen LogP contribution in [0.4, 0.5) is 14.5 Å². The first kappa shape index (κ1) is 27.1. The molecule has 0 unspecified atom stereocenters. The van der Waals surface area contributed by atoms with Crippen molar-refractivity contribution in [1.82, 2.24) is 9.80 Å². The zero-order valence-corrected chi connectivity index (χ0v) is 20.0. The number of likely N-dealkylation sites (tertiary alicyclic amines) is 1. The Hall–Kier alpha value is -3.54. The van der Waals surface area contributed by atoms with E-state index in [0.29, 0.717) is 38.0 Å². The predicted octanol–water partition coefficient (Wildman–Crippen LogP) is 3.98. The number of fused-ring (bicyclic) bond motifs is 1. The van der Waals surface area contributed by atoms with Crippen molar-refractivity contribution in [2.45, 2.75) is 32.4 Å². The molecule has 194 valence electrons. The molecular weight excluding hydrogens is 476 g/mol. The predicted molar refractivity (Wildman–Crippen MR) is 128 cm³/mol. The van der Waals surface area contributed by atoms with Crippen LogP contribution in [-0.4, -0.2) is 65.1 Å². The smallest absolute Gasteiger partial charge is 0.261 e. The van der Waals surface area contributed by atoms with Gasteiger partial charge in [0.2, 0.25) is 0 Å². The molecular formula is C25H29F2N3O6. The molecule has 2 heterocycles. The summed E-state index contributed by atoms with van der Waals surface area (Å²) < 4.78 is 25.1. The normalized spacial score (nSPS) is 16.3. The lowest BCUT2D eigenvalue weighted by Crippen LogP contribution is -2.26. The van der Waals surface area contributed by atoms with Crippen molar-refractivity contribution in [3.05, 3.63) is 64.7 Å². The first-order chi connectivity index (χ1) is 17.2. The highest BCUT2D eigenvalue weighted by Crippen LogP contribution is 2.34. The quantitative estimate of drug-likeness (QED) is 0.224. The van der Waals surface area contributed by atoms with E-state index < -0.39 is 5.92 Å². The number of nitrogens with zero attached hydrogens (tertiary/aromatic N) is 2. The second kappa shape index (κ2) is 11.9. The number of allylic oxidation sites excluding steroid dienone is 1. The zero-order chi connectivity index (χ0) is 26.3. The van der Waals surface area contributed by atoms with Gasteiger partial charge in [0.05, 0.1) is 12.1 Å². The summed E-state index contributed by atoms with van der Waals surface area (Å²) in [6.07, 6.45) is 3.50. The largest absolute Gasteiger partial charge is 0.388 e. The van der Waals surface area contributed by atoms with Gasteiger partial charge in [0.15, 0.2) is 11.5 Å². The summed E-state index contributed by atoms with van der Waals surface area (Å²) >= 11 is 0. The van der Waals surface area contributed by atoms with E-state index in [9.17, 15) is 18.4 Å². The Morgan fingerprint density at radius 3 is 2.56 bits per heavy atom. The lowest BCUT2D eigenvalue weighted by atomic mass is 10.1. The van der Waals surface area contributed by atoms with Crippen LogP contribution in [0.15, 0.2) is 42.5 Å². The van der Waals surface area contributed by atoms with E-state index in [0.717, 1.165) is 16.8 Å². The van der Waals surface area contributed by atoms with Crippen molar-refractivity contribution in [1.29, 1.82) is 0 Å². The van der Waals surface area contributed by atoms with Gasteiger partial charge in [0, 0.05) is 51.4 Å². The fraction of sp³-hybridized carbons (Fsp3) is 0.360. The second-order valence-corrected chi connectivity index (χ2v) is 8.56. The maximum Gasteiger partial charge on any atom is 0.261 e. The molecule has 0 aliphatic carbocycles. The van der Waals surface area contributed by atoms with E-state index in [-0.39, 0.29) is 35.9 Å². The number of aldehydes is 1. The molecule has 0 saturated carbocycles. The molecule has 1 fully saturated rings. The molecule has 9 nitrogen and oxygen atoms in total. The first-order valence-electron chi connectivity index (χ1n) is 11.3. The van der Waals surface area contributed by atoms with E-state index in [4.69, 9.17) is 10.5 Å². The average Bonchev–Trinajstić information content (AvgIpc) is 3.46. The molecule has 2 aromatic carbocycles. The maximum absolute atomic E-state index is 12.9. The number of hydrogen-bond acceptors (Lipinski definition) is 8. The third kappa shape index (κ3) is 6.36. The lowest BCUT2D eigenvalue weighted by molar-refractivity contribution is -0.145. The molecule has 0 aromatic heterocycles. The molecule has 1 amide bonds. The van der Waals surface area contributed by atoms with Gasteiger partial charge >= 0.3 is 0 Å². The number of amides is 1. The number of hydrogen-bond donors (Lipinski definition) is 3. The van der Waals surface area contributed by atoms with Gasteiger partial charge in [-0.3, -0.25) is 14.5 Å². The van der Waals surface area contributed by atoms with Crippen molar-refractivity contribution >= 4 is 17.9 Å². The Balaban J connectivity index is 0.000000253. The van der Waals surface area contributed by atoms with Gasteiger partial charge in [-0.2, -0.15) is 0 Å². The lowest BCUT2D eigenvalue weighted by Gasteiger charge is -2.18. The molecule has 2 aliphatic rings. The third-order valence-electron chi connectivity index (χ3n) is 6.07. The number of carbonyl (C=O) groups excluding carboxylic acids is 2. The monoisotopic (exact) mass is 505 g/mol. The van der Waals surface area contributed by atoms with Crippen molar-refractivity contribution < 1.29 is 38.7 Å². The molecule has 11 heteroatoms. The Kier molecular flexibility index (Phi) is 8.97. The molecule has 2 aromatic rings. The Morgan fingerprint density at radius 2 is 1.94 bits per heavy atom. The summed E-state index contributed by atoms with van der Waals surface area (Å²) in [5, 5.41) is 21.0. The summed E-state index contributed by atoms with van der Waals surface area (Å²) in [5.74, 6) is -2.77. The number of aryl methyl sites for hydroxylation is 1. The topological polar surface area (TPSA) is 112 Å². The van der Waals surface area contributed by atoms with Gasteiger partial charge < -0.3 is 20.0 Å². The van der Waals surface area contributed by atoms with E-state index in [2.05, 4.69) is 15.1 Å². The van der Waals surface area contributed by atoms with Crippen molar-refractivity contribution in [2.75, 3.05) is 32.0 Å². The average molecular weight is 506 g/mol. The first-order valence-corrected chi connectivity index (χ1v) is 11.3. The Labute approximate surface area is 207 Å². The number of nitrogens with one attached hydrogen (secondary N) is 1. The Bertz CT molecular complexity index is 1130. The minimum absolute atomic E-state index is 0.0675. The summed E-state index contributed by atoms with van der Waals surface area (Å²) in [5.41, 5.74) is 3.89. The van der Waals surface area contributed by atoms with Gasteiger partial charge in [-0.15, -0.1) is 0 Å². The highest BCUT2D eigenvalue weighted by Gasteiger charge is 2.37. The van der Waals surface area contributed by atoms with Crippen molar-refractivity contribution in [3.8, 4) is 11.5 Å². The van der Waals surface area contributed by atoms with Gasteiger partial charge in [-0.05, 0) is 41.8 Å². The minimum Gasteiger partial charge on any atom is -0.388 e. The number of carbonyl (C=O) groups is 2. The summed E-state index contributed by atoms with van der Waals surface area (Å²) in [6.45, 7) is 3.29. The fourth-order valence-corrected chi connectivity index (χ4v) is 4.21. The molecule has 2 aliphatic heterocycles. The van der Waals surface area contributed by atoms with E-state index in [1.54, 1.807) is 22.8 Å². The van der Waals surface area contributed by atoms with Gasteiger partial charge in [0.25, 0.3) is 11.8 Å². The van der Waals surface area contributed by atoms with E-state index >= 15 is 0 Å². The number of rotatable bonds is 7. The standard InChI is InChI=1S/C17H18N2O5.C8H11F2NO/c1-10-6-12(16(24-22)7-15(10)23-21)17(20)19-8-11-4-3-5-14(18-2)13(11)9-19;9-8(10)3-5-11(7-8)4-1-2-6-12/h3-7,18,21-22H,8-9H2,1-2H3;1-2,6H,3-5,7H2/b;2-1+. The van der Waals surface area contributed by atoms with Gasteiger partial charge in [-0.1, -0.05) is 18.2 Å². The van der Waals surface area contributed by atoms with Crippen LogP contribution in [0.3, 0.4) is 0 Å². The minimum atomic E-state index is -2.53. The number of anilines is 1. The summed E-state index contributed by atoms with van der Waals surface area (Å²) in [7, 11) is 1.84. The maximum atomic E-state index is 12.9. The molecule has 0 spiro atoms. The second-order valence-electron chi connectivity index (χ2n) is 8.56. The molecule has 0 radical (unpaired) electrons. The number of halogens is 2. The van der Waals surface area contributed by atoms with Crippen molar-refractivity contribution in [2.24, 2.45) is 0 Å². The summed E-state index contributed by atoms with van der Waals surface area (Å²) in [6, 6.07) is 8.68. The van der Waals surface area contributed by atoms with Crippen molar-refractivity contribution in [3.63, 3.8) is 0 Å². The highest BCUT2D eigenvalue weighted by atomic mass is 19.3. The molecule has 0 atom stereocenters. The highest BCUT2D eigenvalue weighted by molar-refractivity contribution is 5.98. The van der Waals surface area contributed by atoms with Crippen LogP contribution in [-0.2, 0) is 17.9 Å². The van der Waals surface area contributed by atoms with Crippen LogP contribution >= 0.6 is 0 Å². The number of benzene rings is 2. The zero-order valence-electron chi connectivity index (χ0n) is 20.0. The molecule has 0 bridgehead atoms.